The van der Waals surface area contributed by atoms with Gasteiger partial charge in [0.05, 0.1) is 32.7 Å². The van der Waals surface area contributed by atoms with Crippen LogP contribution in [0.1, 0.15) is 0 Å². The zero-order valence-corrected chi connectivity index (χ0v) is 19.0. The number of aliphatic carboxylic acids is 3. The molecule has 0 aliphatic carbocycles. The normalized spacial score (nSPS) is 10.6. The maximum absolute atomic E-state index is 11.9. The van der Waals surface area contributed by atoms with Crippen molar-refractivity contribution in [3.05, 3.63) is 25.3 Å². The number of nitrogens with one attached hydrogen (secondary N) is 2. The molecule has 0 aliphatic heterocycles. The Morgan fingerprint density at radius 3 is 1.11 bits per heavy atom. The third-order valence-corrected chi connectivity index (χ3v) is 4.17. The number of carbonyl (C=O) groups excluding carboxylic acids is 4. The Labute approximate surface area is 200 Å². The van der Waals surface area contributed by atoms with Gasteiger partial charge in [-0.2, -0.15) is 0 Å². The molecule has 0 heterocycles. The largest absolute Gasteiger partial charge is 0.480 e. The molecule has 0 fully saturated rings. The van der Waals surface area contributed by atoms with Crippen LogP contribution < -0.4 is 10.6 Å². The summed E-state index contributed by atoms with van der Waals surface area (Å²) in [6, 6.07) is 0. The molecule has 0 rings (SSSR count). The molecule has 0 aromatic rings. The molecule has 5 N–H and O–H groups in total. The Morgan fingerprint density at radius 1 is 0.543 bits per heavy atom. The summed E-state index contributed by atoms with van der Waals surface area (Å²) in [5, 5.41) is 31.3. The van der Waals surface area contributed by atoms with Crippen molar-refractivity contribution in [2.24, 2.45) is 0 Å². The SMILES string of the molecule is C=CC(=O)NC(=O)CN(CCN(CCN(CC(=O)O)CC(=O)NC(=O)C=C)CC(=O)O)CC(=O)O. The minimum Gasteiger partial charge on any atom is -0.480 e. The minimum absolute atomic E-state index is 0.0374. The number of carboxylic acids is 3. The van der Waals surface area contributed by atoms with Gasteiger partial charge in [-0.25, -0.2) is 0 Å². The van der Waals surface area contributed by atoms with Crippen molar-refractivity contribution in [1.82, 2.24) is 25.3 Å². The molecule has 15 heteroatoms. The van der Waals surface area contributed by atoms with Crippen LogP contribution in [0.15, 0.2) is 25.3 Å². The predicted molar refractivity (Wildman–Crippen MR) is 119 cm³/mol. The van der Waals surface area contributed by atoms with E-state index in [0.29, 0.717) is 0 Å². The van der Waals surface area contributed by atoms with E-state index in [0.717, 1.165) is 12.2 Å². The van der Waals surface area contributed by atoms with Crippen molar-refractivity contribution in [2.45, 2.75) is 0 Å². The highest BCUT2D eigenvalue weighted by atomic mass is 16.4. The number of carboxylic acid groups (broad SMARTS) is 3. The second kappa shape index (κ2) is 16.6. The van der Waals surface area contributed by atoms with Gasteiger partial charge >= 0.3 is 17.9 Å². The third-order valence-electron chi connectivity index (χ3n) is 4.17. The van der Waals surface area contributed by atoms with Gasteiger partial charge < -0.3 is 15.3 Å². The molecular weight excluding hydrogens is 470 g/mol. The molecule has 0 saturated carbocycles. The highest BCUT2D eigenvalue weighted by Crippen LogP contribution is 1.97. The number of hydrogen-bond acceptors (Lipinski definition) is 10. The van der Waals surface area contributed by atoms with Crippen molar-refractivity contribution in [1.29, 1.82) is 0 Å². The van der Waals surface area contributed by atoms with Gasteiger partial charge in [0.15, 0.2) is 0 Å². The first-order valence-electron chi connectivity index (χ1n) is 10.1. The fourth-order valence-corrected chi connectivity index (χ4v) is 2.70. The van der Waals surface area contributed by atoms with Crippen LogP contribution in [-0.4, -0.2) is 130 Å². The van der Waals surface area contributed by atoms with Crippen LogP contribution in [-0.2, 0) is 33.6 Å². The van der Waals surface area contributed by atoms with Crippen LogP contribution in [0.2, 0.25) is 0 Å². The molecule has 0 spiro atoms. The number of nitrogens with zero attached hydrogens (tertiary/aromatic N) is 3. The van der Waals surface area contributed by atoms with E-state index in [4.69, 9.17) is 15.3 Å². The molecule has 0 saturated heterocycles. The molecule has 0 aromatic heterocycles. The molecule has 0 radical (unpaired) electrons. The maximum atomic E-state index is 11.9. The van der Waals surface area contributed by atoms with E-state index >= 15 is 0 Å². The van der Waals surface area contributed by atoms with Crippen molar-refractivity contribution < 1.29 is 48.9 Å². The molecule has 0 aromatic carbocycles. The second-order valence-corrected chi connectivity index (χ2v) is 7.11. The smallest absolute Gasteiger partial charge is 0.317 e. The summed E-state index contributed by atoms with van der Waals surface area (Å²) in [5.41, 5.74) is 0. The highest BCUT2D eigenvalue weighted by molar-refractivity contribution is 6.01. The average Bonchev–Trinajstić information content (AvgIpc) is 2.73. The van der Waals surface area contributed by atoms with Crippen LogP contribution >= 0.6 is 0 Å². The average molecular weight is 499 g/mol. The van der Waals surface area contributed by atoms with E-state index in [-0.39, 0.29) is 26.2 Å². The molecule has 0 aliphatic rings. The topological polar surface area (TPSA) is 214 Å². The van der Waals surface area contributed by atoms with E-state index < -0.39 is 74.3 Å². The first-order chi connectivity index (χ1) is 16.4. The Balaban J connectivity index is 5.19. The van der Waals surface area contributed by atoms with Crippen LogP contribution in [0.4, 0.5) is 0 Å². The number of imide groups is 2. The van der Waals surface area contributed by atoms with E-state index in [1.807, 2.05) is 10.6 Å². The zero-order valence-electron chi connectivity index (χ0n) is 19.0. The van der Waals surface area contributed by atoms with E-state index in [1.165, 1.54) is 14.7 Å². The minimum atomic E-state index is -1.26. The number of hydrogen-bond donors (Lipinski definition) is 5. The monoisotopic (exact) mass is 499 g/mol. The molecule has 4 amide bonds. The summed E-state index contributed by atoms with van der Waals surface area (Å²) in [5.74, 6) is -6.84. The first kappa shape index (κ1) is 31.0. The van der Waals surface area contributed by atoms with E-state index in [9.17, 15) is 33.6 Å². The standard InChI is InChI=1S/C20H29N5O10/c1-3-14(26)21-16(28)9-24(12-19(32)33)7-5-23(11-18(30)31)6-8-25(13-20(34)35)10-17(29)22-15(27)4-2/h3-4H,1-2,5-13H2,(H,30,31)(H,32,33)(H,34,35)(H,21,26,28)(H,22,27,29). The van der Waals surface area contributed by atoms with Crippen LogP contribution in [0.25, 0.3) is 0 Å². The van der Waals surface area contributed by atoms with E-state index in [2.05, 4.69) is 13.2 Å². The molecule has 0 unspecified atom stereocenters. The summed E-state index contributed by atoms with van der Waals surface area (Å²) in [7, 11) is 0. The van der Waals surface area contributed by atoms with Gasteiger partial charge in [-0.3, -0.25) is 58.9 Å². The van der Waals surface area contributed by atoms with Gasteiger partial charge in [-0.15, -0.1) is 0 Å². The lowest BCUT2D eigenvalue weighted by Crippen LogP contribution is -2.47. The zero-order chi connectivity index (χ0) is 27.0. The maximum Gasteiger partial charge on any atom is 0.317 e. The summed E-state index contributed by atoms with van der Waals surface area (Å²) >= 11 is 0. The van der Waals surface area contributed by atoms with Gasteiger partial charge in [-0.05, 0) is 12.2 Å². The Morgan fingerprint density at radius 2 is 0.829 bits per heavy atom. The number of amides is 4. The number of carbonyl (C=O) groups is 7. The van der Waals surface area contributed by atoms with Crippen molar-refractivity contribution in [3.8, 4) is 0 Å². The van der Waals surface area contributed by atoms with Gasteiger partial charge in [0.25, 0.3) is 0 Å². The Hall–Kier alpha value is -3.95. The lowest BCUT2D eigenvalue weighted by atomic mass is 10.3. The van der Waals surface area contributed by atoms with E-state index in [1.54, 1.807) is 0 Å². The molecule has 194 valence electrons. The first-order valence-corrected chi connectivity index (χ1v) is 10.1. The lowest BCUT2D eigenvalue weighted by Gasteiger charge is -2.27. The summed E-state index contributed by atoms with van der Waals surface area (Å²) in [6.45, 7) is 3.59. The summed E-state index contributed by atoms with van der Waals surface area (Å²) < 4.78 is 0. The Kier molecular flexibility index (Phi) is 14.8. The molecule has 0 bridgehead atoms. The van der Waals surface area contributed by atoms with Gasteiger partial charge in [0, 0.05) is 26.2 Å². The van der Waals surface area contributed by atoms with Crippen molar-refractivity contribution >= 4 is 41.5 Å². The van der Waals surface area contributed by atoms with Gasteiger partial charge in [-0.1, -0.05) is 13.2 Å². The Bertz CT molecular complexity index is 784. The van der Waals surface area contributed by atoms with Crippen LogP contribution in [0.3, 0.4) is 0 Å². The van der Waals surface area contributed by atoms with Crippen molar-refractivity contribution in [3.63, 3.8) is 0 Å². The lowest BCUT2D eigenvalue weighted by molar-refractivity contribution is -0.141. The second-order valence-electron chi connectivity index (χ2n) is 7.11. The predicted octanol–water partition coefficient (Wildman–Crippen LogP) is -3.20. The third kappa shape index (κ3) is 16.3. The van der Waals surface area contributed by atoms with Crippen molar-refractivity contribution in [2.75, 3.05) is 58.9 Å². The summed E-state index contributed by atoms with van der Waals surface area (Å²) in [6.07, 6.45) is 1.73. The molecule has 35 heavy (non-hydrogen) atoms. The molecule has 15 nitrogen and oxygen atoms in total. The highest BCUT2D eigenvalue weighted by Gasteiger charge is 2.20. The molecular formula is C20H29N5O10. The quantitative estimate of drug-likeness (QED) is 0.118. The fourth-order valence-electron chi connectivity index (χ4n) is 2.70. The number of rotatable bonds is 18. The van der Waals surface area contributed by atoms with Gasteiger partial charge in [0.2, 0.25) is 23.6 Å². The molecule has 0 atom stereocenters. The fraction of sp³-hybridized carbons (Fsp3) is 0.450. The van der Waals surface area contributed by atoms with Gasteiger partial charge in [0.1, 0.15) is 0 Å². The summed E-state index contributed by atoms with van der Waals surface area (Å²) in [4.78, 5) is 83.4. The van der Waals surface area contributed by atoms with Crippen LogP contribution in [0.5, 0.6) is 0 Å². The van der Waals surface area contributed by atoms with Crippen LogP contribution in [0, 0.1) is 0 Å².